The number of rotatable bonds is 7. The molecule has 0 aliphatic heterocycles. The average molecular weight is 284 g/mol. The van der Waals surface area contributed by atoms with E-state index in [1.54, 1.807) is 0 Å². The maximum absolute atomic E-state index is 9.15. The molecule has 4 heteroatoms. The van der Waals surface area contributed by atoms with Gasteiger partial charge in [0.25, 0.3) is 0 Å². The summed E-state index contributed by atoms with van der Waals surface area (Å²) >= 11 is 5.92. The molecule has 106 valence electrons. The van der Waals surface area contributed by atoms with Crippen LogP contribution in [0.2, 0.25) is 5.02 Å². The van der Waals surface area contributed by atoms with Gasteiger partial charge in [-0.1, -0.05) is 30.5 Å². The van der Waals surface area contributed by atoms with Crippen molar-refractivity contribution in [1.29, 1.82) is 0 Å². The lowest BCUT2D eigenvalue weighted by Crippen LogP contribution is -2.38. The van der Waals surface area contributed by atoms with Gasteiger partial charge < -0.3 is 9.84 Å². The maximum atomic E-state index is 9.15. The summed E-state index contributed by atoms with van der Waals surface area (Å²) in [7, 11) is 0. The van der Waals surface area contributed by atoms with Crippen molar-refractivity contribution in [2.45, 2.75) is 31.7 Å². The molecular formula is C15H22ClNO2. The van der Waals surface area contributed by atoms with E-state index in [1.165, 1.54) is 25.7 Å². The van der Waals surface area contributed by atoms with E-state index >= 15 is 0 Å². The van der Waals surface area contributed by atoms with Crippen LogP contribution in [0.4, 0.5) is 0 Å². The minimum Gasteiger partial charge on any atom is -0.492 e. The number of ether oxygens (including phenoxy) is 1. The second-order valence-electron chi connectivity index (χ2n) is 5.00. The van der Waals surface area contributed by atoms with E-state index in [4.69, 9.17) is 21.4 Å². The fraction of sp³-hybridized carbons (Fsp3) is 0.600. The molecule has 0 radical (unpaired) electrons. The predicted molar refractivity (Wildman–Crippen MR) is 77.9 cm³/mol. The highest BCUT2D eigenvalue weighted by atomic mass is 35.5. The van der Waals surface area contributed by atoms with E-state index < -0.39 is 0 Å². The van der Waals surface area contributed by atoms with E-state index in [2.05, 4.69) is 4.90 Å². The van der Waals surface area contributed by atoms with Gasteiger partial charge in [-0.2, -0.15) is 0 Å². The lowest BCUT2D eigenvalue weighted by Gasteiger charge is -2.27. The van der Waals surface area contributed by atoms with Gasteiger partial charge in [-0.15, -0.1) is 0 Å². The van der Waals surface area contributed by atoms with Crippen LogP contribution < -0.4 is 4.74 Å². The number of aliphatic hydroxyl groups is 1. The first-order valence-corrected chi connectivity index (χ1v) is 7.40. The molecule has 0 spiro atoms. The van der Waals surface area contributed by atoms with Gasteiger partial charge >= 0.3 is 0 Å². The topological polar surface area (TPSA) is 32.7 Å². The SMILES string of the molecule is OCCN(CCOc1cccc(Cl)c1)C1CCCC1. The normalized spacial score (nSPS) is 16.2. The van der Waals surface area contributed by atoms with Crippen LogP contribution in [0.5, 0.6) is 5.75 Å². The van der Waals surface area contributed by atoms with Gasteiger partial charge in [0.2, 0.25) is 0 Å². The van der Waals surface area contributed by atoms with Gasteiger partial charge in [0, 0.05) is 24.2 Å². The zero-order valence-electron chi connectivity index (χ0n) is 11.2. The van der Waals surface area contributed by atoms with Gasteiger partial charge in [0.15, 0.2) is 0 Å². The van der Waals surface area contributed by atoms with Gasteiger partial charge in [-0.05, 0) is 31.0 Å². The molecule has 0 amide bonds. The Balaban J connectivity index is 1.78. The molecule has 2 rings (SSSR count). The molecule has 1 aliphatic rings. The highest BCUT2D eigenvalue weighted by Crippen LogP contribution is 2.23. The van der Waals surface area contributed by atoms with Crippen molar-refractivity contribution in [3.8, 4) is 5.75 Å². The average Bonchev–Trinajstić information content (AvgIpc) is 2.91. The van der Waals surface area contributed by atoms with E-state index in [0.717, 1.165) is 18.8 Å². The van der Waals surface area contributed by atoms with Crippen LogP contribution >= 0.6 is 11.6 Å². The Morgan fingerprint density at radius 1 is 1.26 bits per heavy atom. The number of nitrogens with zero attached hydrogens (tertiary/aromatic N) is 1. The molecule has 3 nitrogen and oxygen atoms in total. The van der Waals surface area contributed by atoms with Crippen molar-refractivity contribution < 1.29 is 9.84 Å². The molecule has 0 unspecified atom stereocenters. The van der Waals surface area contributed by atoms with Crippen LogP contribution in [0.3, 0.4) is 0 Å². The number of aliphatic hydroxyl groups excluding tert-OH is 1. The summed E-state index contributed by atoms with van der Waals surface area (Å²) in [6.07, 6.45) is 5.11. The highest BCUT2D eigenvalue weighted by molar-refractivity contribution is 6.30. The van der Waals surface area contributed by atoms with Crippen LogP contribution in [0.15, 0.2) is 24.3 Å². The second-order valence-corrected chi connectivity index (χ2v) is 5.44. The molecule has 1 fully saturated rings. The maximum Gasteiger partial charge on any atom is 0.120 e. The van der Waals surface area contributed by atoms with Gasteiger partial charge in [0.1, 0.15) is 12.4 Å². The molecule has 0 saturated heterocycles. The molecular weight excluding hydrogens is 262 g/mol. The minimum absolute atomic E-state index is 0.216. The first-order valence-electron chi connectivity index (χ1n) is 7.03. The largest absolute Gasteiger partial charge is 0.492 e. The number of benzene rings is 1. The standard InChI is InChI=1S/C15H22ClNO2/c16-13-4-3-7-15(12-13)19-11-9-17(8-10-18)14-5-1-2-6-14/h3-4,7,12,14,18H,1-2,5-6,8-11H2. The van der Waals surface area contributed by atoms with Crippen molar-refractivity contribution >= 4 is 11.6 Å². The molecule has 1 saturated carbocycles. The number of halogens is 1. The van der Waals surface area contributed by atoms with Crippen molar-refractivity contribution in [1.82, 2.24) is 4.90 Å². The fourth-order valence-electron chi connectivity index (χ4n) is 2.71. The molecule has 0 atom stereocenters. The quantitative estimate of drug-likeness (QED) is 0.835. The summed E-state index contributed by atoms with van der Waals surface area (Å²) in [6.45, 7) is 2.45. The molecule has 19 heavy (non-hydrogen) atoms. The molecule has 1 aromatic rings. The van der Waals surface area contributed by atoms with Crippen LogP contribution in [-0.2, 0) is 0 Å². The Kier molecular flexibility index (Phi) is 5.95. The van der Waals surface area contributed by atoms with Crippen LogP contribution in [0.1, 0.15) is 25.7 Å². The molecule has 0 bridgehead atoms. The third-order valence-corrected chi connectivity index (χ3v) is 3.91. The van der Waals surface area contributed by atoms with Gasteiger partial charge in [-0.3, -0.25) is 4.90 Å². The summed E-state index contributed by atoms with van der Waals surface area (Å²) in [4.78, 5) is 2.34. The van der Waals surface area contributed by atoms with Crippen molar-refractivity contribution in [2.24, 2.45) is 0 Å². The monoisotopic (exact) mass is 283 g/mol. The third kappa shape index (κ3) is 4.68. The zero-order valence-corrected chi connectivity index (χ0v) is 12.0. The van der Waals surface area contributed by atoms with E-state index in [-0.39, 0.29) is 6.61 Å². The van der Waals surface area contributed by atoms with E-state index in [9.17, 15) is 0 Å². The van der Waals surface area contributed by atoms with Crippen LogP contribution in [0, 0.1) is 0 Å². The first-order chi connectivity index (χ1) is 9.29. The molecule has 0 heterocycles. The number of hydrogen-bond donors (Lipinski definition) is 1. The van der Waals surface area contributed by atoms with Crippen LogP contribution in [0.25, 0.3) is 0 Å². The summed E-state index contributed by atoms with van der Waals surface area (Å²) in [5.74, 6) is 0.808. The summed E-state index contributed by atoms with van der Waals surface area (Å²) in [6, 6.07) is 8.09. The van der Waals surface area contributed by atoms with Crippen molar-refractivity contribution in [2.75, 3.05) is 26.3 Å². The lowest BCUT2D eigenvalue weighted by atomic mass is 10.2. The summed E-state index contributed by atoms with van der Waals surface area (Å²) in [5, 5.41) is 9.84. The second kappa shape index (κ2) is 7.73. The third-order valence-electron chi connectivity index (χ3n) is 3.67. The first kappa shape index (κ1) is 14.6. The predicted octanol–water partition coefficient (Wildman–Crippen LogP) is 2.96. The summed E-state index contributed by atoms with van der Waals surface area (Å²) < 4.78 is 5.72. The van der Waals surface area contributed by atoms with E-state index in [0.29, 0.717) is 17.7 Å². The smallest absolute Gasteiger partial charge is 0.120 e. The van der Waals surface area contributed by atoms with Gasteiger partial charge in [-0.25, -0.2) is 0 Å². The Hall–Kier alpha value is -0.770. The van der Waals surface area contributed by atoms with Crippen molar-refractivity contribution in [3.63, 3.8) is 0 Å². The van der Waals surface area contributed by atoms with Crippen LogP contribution in [-0.4, -0.2) is 42.4 Å². The Morgan fingerprint density at radius 2 is 2.05 bits per heavy atom. The highest BCUT2D eigenvalue weighted by Gasteiger charge is 2.21. The Morgan fingerprint density at radius 3 is 2.74 bits per heavy atom. The molecule has 1 N–H and O–H groups in total. The summed E-state index contributed by atoms with van der Waals surface area (Å²) in [5.41, 5.74) is 0. The van der Waals surface area contributed by atoms with E-state index in [1.807, 2.05) is 24.3 Å². The number of hydrogen-bond acceptors (Lipinski definition) is 3. The molecule has 1 aromatic carbocycles. The Bertz CT molecular complexity index is 380. The Labute approximate surface area is 120 Å². The van der Waals surface area contributed by atoms with Crippen molar-refractivity contribution in [3.05, 3.63) is 29.3 Å². The molecule has 0 aromatic heterocycles. The fourth-order valence-corrected chi connectivity index (χ4v) is 2.89. The minimum atomic E-state index is 0.216. The molecule has 1 aliphatic carbocycles. The van der Waals surface area contributed by atoms with Gasteiger partial charge in [0.05, 0.1) is 6.61 Å². The lowest BCUT2D eigenvalue weighted by molar-refractivity contribution is 0.129. The zero-order chi connectivity index (χ0) is 13.5.